The van der Waals surface area contributed by atoms with Crippen molar-refractivity contribution in [3.8, 4) is 0 Å². The Morgan fingerprint density at radius 3 is 3.00 bits per heavy atom. The summed E-state index contributed by atoms with van der Waals surface area (Å²) in [6.07, 6.45) is 4.47. The summed E-state index contributed by atoms with van der Waals surface area (Å²) in [4.78, 5) is 11.2. The second-order valence-electron chi connectivity index (χ2n) is 4.20. The first kappa shape index (κ1) is 12.8. The minimum absolute atomic E-state index is 0.0479. The maximum atomic E-state index is 11.2. The van der Waals surface area contributed by atoms with E-state index in [0.717, 1.165) is 12.0 Å². The molecule has 0 spiro atoms. The van der Waals surface area contributed by atoms with Gasteiger partial charge in [0.15, 0.2) is 0 Å². The largest absolute Gasteiger partial charge is 0.496 e. The van der Waals surface area contributed by atoms with E-state index < -0.39 is 5.97 Å². The van der Waals surface area contributed by atoms with Crippen LogP contribution in [0, 0.1) is 6.92 Å². The number of hydrogen-bond acceptors (Lipinski definition) is 3. The number of hydrogen-bond donors (Lipinski definition) is 2. The van der Waals surface area contributed by atoms with E-state index in [1.54, 1.807) is 25.3 Å². The highest BCUT2D eigenvalue weighted by molar-refractivity contribution is 6.31. The summed E-state index contributed by atoms with van der Waals surface area (Å²) >= 11 is 6.01. The van der Waals surface area contributed by atoms with Crippen LogP contribution in [0.2, 0.25) is 5.02 Å². The van der Waals surface area contributed by atoms with Gasteiger partial charge in [-0.3, -0.25) is 0 Å². The number of anilines is 1. The number of aryl methyl sites for hydroxylation is 1. The second-order valence-corrected chi connectivity index (χ2v) is 4.61. The molecule has 0 bridgehead atoms. The predicted molar refractivity (Wildman–Crippen MR) is 70.3 cm³/mol. The number of rotatable bonds is 4. The molecule has 2 N–H and O–H groups in total. The van der Waals surface area contributed by atoms with Crippen LogP contribution in [0.15, 0.2) is 24.5 Å². The Bertz CT molecular complexity index is 491. The van der Waals surface area contributed by atoms with Crippen molar-refractivity contribution in [1.29, 1.82) is 0 Å². The highest BCUT2D eigenvalue weighted by Crippen LogP contribution is 2.25. The maximum absolute atomic E-state index is 11.2. The Balaban J connectivity index is 2.14. The molecule has 0 amide bonds. The minimum atomic E-state index is -0.970. The standard InChI is InChI=1S/C13H14ClNO3/c1-8-5-10(13(16)17)12(6-11(8)14)15-7-9-3-2-4-18-9/h2,4-6,9,15H,3,7H2,1H3,(H,16,17). The van der Waals surface area contributed by atoms with E-state index in [4.69, 9.17) is 21.4 Å². The molecule has 1 aliphatic rings. The van der Waals surface area contributed by atoms with Crippen LogP contribution in [0.1, 0.15) is 22.3 Å². The summed E-state index contributed by atoms with van der Waals surface area (Å²) in [6, 6.07) is 3.21. The zero-order chi connectivity index (χ0) is 13.1. The topological polar surface area (TPSA) is 58.6 Å². The van der Waals surface area contributed by atoms with Crippen LogP contribution in [0.25, 0.3) is 0 Å². The molecular formula is C13H14ClNO3. The lowest BCUT2D eigenvalue weighted by molar-refractivity contribution is 0.0697. The fourth-order valence-corrected chi connectivity index (χ4v) is 1.95. The molecule has 1 atom stereocenters. The van der Waals surface area contributed by atoms with Crippen molar-refractivity contribution >= 4 is 23.3 Å². The number of carboxylic acids is 1. The van der Waals surface area contributed by atoms with Crippen LogP contribution < -0.4 is 5.32 Å². The molecule has 0 radical (unpaired) electrons. The number of halogens is 1. The van der Waals surface area contributed by atoms with Crippen molar-refractivity contribution in [3.63, 3.8) is 0 Å². The molecule has 0 aromatic heterocycles. The lowest BCUT2D eigenvalue weighted by Crippen LogP contribution is -2.19. The number of aromatic carboxylic acids is 1. The van der Waals surface area contributed by atoms with Gasteiger partial charge in [-0.1, -0.05) is 11.6 Å². The lowest BCUT2D eigenvalue weighted by atomic mass is 10.1. The van der Waals surface area contributed by atoms with Gasteiger partial charge >= 0.3 is 5.97 Å². The first-order valence-corrected chi connectivity index (χ1v) is 6.03. The molecule has 0 saturated heterocycles. The highest BCUT2D eigenvalue weighted by atomic mass is 35.5. The smallest absolute Gasteiger partial charge is 0.337 e. The summed E-state index contributed by atoms with van der Waals surface area (Å²) in [5.74, 6) is -0.970. The van der Waals surface area contributed by atoms with E-state index in [2.05, 4.69) is 5.32 Å². The van der Waals surface area contributed by atoms with Gasteiger partial charge < -0.3 is 15.2 Å². The van der Waals surface area contributed by atoms with Gasteiger partial charge in [-0.2, -0.15) is 0 Å². The Morgan fingerprint density at radius 1 is 1.61 bits per heavy atom. The predicted octanol–water partition coefficient (Wildman–Crippen LogP) is 3.06. The third kappa shape index (κ3) is 2.76. The van der Waals surface area contributed by atoms with Crippen molar-refractivity contribution in [3.05, 3.63) is 40.6 Å². The van der Waals surface area contributed by atoms with E-state index in [-0.39, 0.29) is 11.7 Å². The van der Waals surface area contributed by atoms with Crippen molar-refractivity contribution in [2.24, 2.45) is 0 Å². The maximum Gasteiger partial charge on any atom is 0.337 e. The van der Waals surface area contributed by atoms with Gasteiger partial charge in [0.05, 0.1) is 24.1 Å². The van der Waals surface area contributed by atoms with Crippen LogP contribution in [0.3, 0.4) is 0 Å². The third-order valence-electron chi connectivity index (χ3n) is 2.82. The highest BCUT2D eigenvalue weighted by Gasteiger charge is 2.15. The van der Waals surface area contributed by atoms with Gasteiger partial charge in [-0.15, -0.1) is 0 Å². The molecule has 1 aromatic carbocycles. The second kappa shape index (κ2) is 5.31. The van der Waals surface area contributed by atoms with E-state index >= 15 is 0 Å². The first-order chi connectivity index (χ1) is 8.58. The van der Waals surface area contributed by atoms with Crippen LogP contribution in [0.4, 0.5) is 5.69 Å². The molecule has 0 fully saturated rings. The van der Waals surface area contributed by atoms with Crippen LogP contribution >= 0.6 is 11.6 Å². The summed E-state index contributed by atoms with van der Waals surface area (Å²) in [7, 11) is 0. The fourth-order valence-electron chi connectivity index (χ4n) is 1.79. The SMILES string of the molecule is Cc1cc(C(=O)O)c(NCC2CC=CO2)cc1Cl. The van der Waals surface area contributed by atoms with Crippen molar-refractivity contribution < 1.29 is 14.6 Å². The molecule has 1 aromatic rings. The van der Waals surface area contributed by atoms with Gasteiger partial charge in [-0.25, -0.2) is 4.79 Å². The fraction of sp³-hybridized carbons (Fsp3) is 0.308. The molecular weight excluding hydrogens is 254 g/mol. The average molecular weight is 268 g/mol. The molecule has 2 rings (SSSR count). The number of benzene rings is 1. The summed E-state index contributed by atoms with van der Waals surface area (Å²) < 4.78 is 5.31. The Kier molecular flexibility index (Phi) is 3.77. The first-order valence-electron chi connectivity index (χ1n) is 5.65. The average Bonchev–Trinajstić information content (AvgIpc) is 2.83. The van der Waals surface area contributed by atoms with Crippen molar-refractivity contribution in [1.82, 2.24) is 0 Å². The Labute approximate surface area is 110 Å². The van der Waals surface area contributed by atoms with Gasteiger partial charge in [0, 0.05) is 11.4 Å². The Hall–Kier alpha value is -1.68. The molecule has 5 heteroatoms. The normalized spacial score (nSPS) is 17.6. The summed E-state index contributed by atoms with van der Waals surface area (Å²) in [5.41, 5.74) is 1.50. The van der Waals surface area contributed by atoms with E-state index in [1.165, 1.54) is 0 Å². The number of carboxylic acid groups (broad SMARTS) is 1. The molecule has 96 valence electrons. The third-order valence-corrected chi connectivity index (χ3v) is 3.22. The lowest BCUT2D eigenvalue weighted by Gasteiger charge is -2.15. The monoisotopic (exact) mass is 267 g/mol. The van der Waals surface area contributed by atoms with E-state index in [1.807, 2.05) is 6.08 Å². The van der Waals surface area contributed by atoms with Gasteiger partial charge in [-0.05, 0) is 30.7 Å². The van der Waals surface area contributed by atoms with Gasteiger partial charge in [0.25, 0.3) is 0 Å². The molecule has 0 aliphatic carbocycles. The summed E-state index contributed by atoms with van der Waals surface area (Å²) in [5, 5.41) is 12.8. The van der Waals surface area contributed by atoms with Gasteiger partial charge in [0.2, 0.25) is 0 Å². The number of carbonyl (C=O) groups is 1. The van der Waals surface area contributed by atoms with Crippen LogP contribution in [0.5, 0.6) is 0 Å². The van der Waals surface area contributed by atoms with Crippen molar-refractivity contribution in [2.45, 2.75) is 19.4 Å². The molecule has 0 saturated carbocycles. The molecule has 1 aliphatic heterocycles. The van der Waals surface area contributed by atoms with Gasteiger partial charge in [0.1, 0.15) is 6.10 Å². The quantitative estimate of drug-likeness (QED) is 0.880. The molecule has 1 unspecified atom stereocenters. The Morgan fingerprint density at radius 2 is 2.39 bits per heavy atom. The number of nitrogens with one attached hydrogen (secondary N) is 1. The summed E-state index contributed by atoms with van der Waals surface area (Å²) in [6.45, 7) is 2.33. The van der Waals surface area contributed by atoms with Crippen LogP contribution in [-0.2, 0) is 4.74 Å². The number of ether oxygens (including phenoxy) is 1. The minimum Gasteiger partial charge on any atom is -0.496 e. The van der Waals surface area contributed by atoms with E-state index in [9.17, 15) is 4.79 Å². The van der Waals surface area contributed by atoms with Crippen LogP contribution in [-0.4, -0.2) is 23.7 Å². The van der Waals surface area contributed by atoms with E-state index in [0.29, 0.717) is 17.3 Å². The molecule has 4 nitrogen and oxygen atoms in total. The zero-order valence-electron chi connectivity index (χ0n) is 9.94. The molecule has 18 heavy (non-hydrogen) atoms. The van der Waals surface area contributed by atoms with Crippen molar-refractivity contribution in [2.75, 3.05) is 11.9 Å². The molecule has 1 heterocycles. The zero-order valence-corrected chi connectivity index (χ0v) is 10.7.